The van der Waals surface area contributed by atoms with Gasteiger partial charge >= 0.3 is 7.32 Å². The van der Waals surface area contributed by atoms with Crippen molar-refractivity contribution in [2.75, 3.05) is 38.0 Å². The van der Waals surface area contributed by atoms with Gasteiger partial charge in [0, 0.05) is 63.8 Å². The lowest BCUT2D eigenvalue weighted by Gasteiger charge is -2.10. The van der Waals surface area contributed by atoms with Gasteiger partial charge in [-0.05, 0) is 12.1 Å². The Hall–Kier alpha value is -4.51. The van der Waals surface area contributed by atoms with Gasteiger partial charge in [0.05, 0.1) is 9.85 Å². The molecule has 0 atom stereocenters. The zero-order valence-electron chi connectivity index (χ0n) is 20.8. The third-order valence-electron chi connectivity index (χ3n) is 4.51. The Balaban J connectivity index is 0.000000295. The van der Waals surface area contributed by atoms with E-state index in [1.165, 1.54) is 12.1 Å². The van der Waals surface area contributed by atoms with E-state index in [-0.39, 0.29) is 11.4 Å². The monoisotopic (exact) mass is 560 g/mol. The Labute approximate surface area is 218 Å². The minimum absolute atomic E-state index is 0.126. The van der Waals surface area contributed by atoms with E-state index in [1.54, 1.807) is 24.3 Å². The maximum Gasteiger partial charge on any atom is 0.707 e. The first-order valence-corrected chi connectivity index (χ1v) is 10.5. The van der Waals surface area contributed by atoms with Crippen molar-refractivity contribution >= 4 is 30.1 Å². The largest absolute Gasteiger partial charge is 0.707 e. The van der Waals surface area contributed by atoms with Crippen molar-refractivity contribution in [3.8, 4) is 5.75 Å². The lowest BCUT2D eigenvalue weighted by Crippen LogP contribution is -2.23. The minimum Gasteiger partial charge on any atom is -0.507 e. The van der Waals surface area contributed by atoms with Gasteiger partial charge in [0.1, 0.15) is 0 Å². The Morgan fingerprint density at radius 2 is 1.03 bits per heavy atom. The molecule has 0 fully saturated rings. The molecule has 0 saturated carbocycles. The highest BCUT2D eigenvalue weighted by Crippen LogP contribution is 2.29. The van der Waals surface area contributed by atoms with Crippen LogP contribution in [-0.2, 0) is 0 Å². The first-order chi connectivity index (χ1) is 18.1. The van der Waals surface area contributed by atoms with Gasteiger partial charge < -0.3 is 24.5 Å². The number of benzene rings is 3. The normalized spacial score (nSPS) is 9.82. The number of nitro groups is 2. The molecule has 0 unspecified atom stereocenters. The zero-order valence-corrected chi connectivity index (χ0v) is 20.8. The van der Waals surface area contributed by atoms with Crippen LogP contribution in [0.5, 0.6) is 5.75 Å². The summed E-state index contributed by atoms with van der Waals surface area (Å²) < 4.78 is 66.3. The van der Waals surface area contributed by atoms with Crippen molar-refractivity contribution in [3.63, 3.8) is 0 Å². The van der Waals surface area contributed by atoms with Crippen LogP contribution in [0.2, 0.25) is 0 Å². The molecule has 3 aromatic rings. The lowest BCUT2D eigenvalue weighted by atomic mass is 10.2. The molecule has 210 valence electrons. The Morgan fingerprint density at radius 1 is 0.692 bits per heavy atom. The van der Waals surface area contributed by atoms with Crippen molar-refractivity contribution in [2.45, 2.75) is 0 Å². The standard InChI is InChI=1S/2C8H10N2O2.C6H2BF5O3/c2*1-9(2)7-4-3-5-8(6-7)10(11)12;8-1-2(9)4(11)6(15-7(13)14)5(12)3(1)10/h2*3-6H,1-2H3;13-14H. The smallest absolute Gasteiger partial charge is 0.507 e. The Bertz CT molecular complexity index is 1230. The second-order valence-corrected chi connectivity index (χ2v) is 7.69. The van der Waals surface area contributed by atoms with E-state index in [0.717, 1.165) is 11.4 Å². The van der Waals surface area contributed by atoms with Crippen molar-refractivity contribution < 1.29 is 46.5 Å². The molecular weight excluding hydrogens is 538 g/mol. The summed E-state index contributed by atoms with van der Waals surface area (Å²) in [5.74, 6) is -13.1. The third-order valence-corrected chi connectivity index (χ3v) is 4.51. The molecule has 17 heteroatoms. The van der Waals surface area contributed by atoms with Gasteiger partial charge in [0.25, 0.3) is 11.4 Å². The van der Waals surface area contributed by atoms with Crippen molar-refractivity contribution in [1.82, 2.24) is 0 Å². The number of halogens is 5. The number of nitrogens with zero attached hydrogens (tertiary/aromatic N) is 4. The SMILES string of the molecule is CN(C)c1cccc([N+](=O)[O-])c1.CN(C)c1cccc([N+](=O)[O-])c1.OB(O)Oc1c(F)c(F)c(F)c(F)c1F. The number of hydrogen-bond donors (Lipinski definition) is 2. The molecular formula is C22H22BF5N4O7. The topological polar surface area (TPSA) is 142 Å². The summed E-state index contributed by atoms with van der Waals surface area (Å²) in [7, 11) is 4.69. The predicted octanol–water partition coefficient (Wildman–Crippen LogP) is 4.05. The van der Waals surface area contributed by atoms with Crippen LogP contribution in [0, 0.1) is 49.3 Å². The fraction of sp³-hybridized carbons (Fsp3) is 0.182. The van der Waals surface area contributed by atoms with Crippen LogP contribution >= 0.6 is 0 Å². The molecule has 2 N–H and O–H groups in total. The first kappa shape index (κ1) is 32.5. The highest BCUT2D eigenvalue weighted by atomic mass is 19.2. The van der Waals surface area contributed by atoms with E-state index in [1.807, 2.05) is 50.1 Å². The predicted molar refractivity (Wildman–Crippen MR) is 132 cm³/mol. The van der Waals surface area contributed by atoms with Gasteiger partial charge in [-0.1, -0.05) is 12.1 Å². The number of hydrogen-bond acceptors (Lipinski definition) is 9. The Morgan fingerprint density at radius 3 is 1.31 bits per heavy atom. The van der Waals surface area contributed by atoms with Crippen molar-refractivity contribution in [1.29, 1.82) is 0 Å². The van der Waals surface area contributed by atoms with Crippen molar-refractivity contribution in [2.24, 2.45) is 0 Å². The first-order valence-electron chi connectivity index (χ1n) is 10.5. The second kappa shape index (κ2) is 14.4. The maximum atomic E-state index is 12.7. The molecule has 39 heavy (non-hydrogen) atoms. The summed E-state index contributed by atoms with van der Waals surface area (Å²) in [6, 6.07) is 13.0. The van der Waals surface area contributed by atoms with E-state index in [2.05, 4.69) is 4.65 Å². The molecule has 0 aliphatic carbocycles. The summed E-state index contributed by atoms with van der Waals surface area (Å²) in [6.45, 7) is 0. The highest BCUT2D eigenvalue weighted by Gasteiger charge is 2.29. The van der Waals surface area contributed by atoms with E-state index in [9.17, 15) is 42.2 Å². The maximum absolute atomic E-state index is 12.7. The average Bonchev–Trinajstić information content (AvgIpc) is 2.89. The quantitative estimate of drug-likeness (QED) is 0.114. The summed E-state index contributed by atoms with van der Waals surface area (Å²) in [5, 5.41) is 37.1. The van der Waals surface area contributed by atoms with Crippen LogP contribution in [-0.4, -0.2) is 55.4 Å². The van der Waals surface area contributed by atoms with Gasteiger partial charge in [0.15, 0.2) is 5.75 Å². The number of nitro benzene ring substituents is 2. The van der Waals surface area contributed by atoms with E-state index < -0.39 is 52.0 Å². The second-order valence-electron chi connectivity index (χ2n) is 7.69. The van der Waals surface area contributed by atoms with Crippen molar-refractivity contribution in [3.05, 3.63) is 97.8 Å². The lowest BCUT2D eigenvalue weighted by molar-refractivity contribution is -0.385. The molecule has 3 aromatic carbocycles. The molecule has 0 aromatic heterocycles. The third kappa shape index (κ3) is 9.39. The molecule has 0 heterocycles. The van der Waals surface area contributed by atoms with Crippen LogP contribution in [0.4, 0.5) is 44.7 Å². The Kier molecular flexibility index (Phi) is 12.0. The average molecular weight is 560 g/mol. The van der Waals surface area contributed by atoms with Crippen LogP contribution in [0.25, 0.3) is 0 Å². The summed E-state index contributed by atoms with van der Waals surface area (Å²) in [4.78, 5) is 23.6. The molecule has 0 spiro atoms. The van der Waals surface area contributed by atoms with E-state index >= 15 is 0 Å². The van der Waals surface area contributed by atoms with Gasteiger partial charge in [-0.3, -0.25) is 20.2 Å². The zero-order chi connectivity index (χ0) is 30.0. The molecule has 0 saturated heterocycles. The minimum atomic E-state index is -2.70. The molecule has 11 nitrogen and oxygen atoms in total. The van der Waals surface area contributed by atoms with Gasteiger partial charge in [-0.25, -0.2) is 13.2 Å². The van der Waals surface area contributed by atoms with Crippen LogP contribution in [0.1, 0.15) is 0 Å². The summed E-state index contributed by atoms with van der Waals surface area (Å²) >= 11 is 0. The van der Waals surface area contributed by atoms with Crippen LogP contribution in [0.15, 0.2) is 48.5 Å². The van der Waals surface area contributed by atoms with Gasteiger partial charge in [-0.15, -0.1) is 0 Å². The summed E-state index contributed by atoms with van der Waals surface area (Å²) in [6.07, 6.45) is 0. The molecule has 0 bridgehead atoms. The van der Waals surface area contributed by atoms with Crippen LogP contribution < -0.4 is 14.5 Å². The number of anilines is 2. The molecule has 0 radical (unpaired) electrons. The molecule has 0 aliphatic heterocycles. The fourth-order valence-corrected chi connectivity index (χ4v) is 2.56. The summed E-state index contributed by atoms with van der Waals surface area (Å²) in [5.41, 5.74) is 1.93. The van der Waals surface area contributed by atoms with Gasteiger partial charge in [-0.2, -0.15) is 8.78 Å². The number of non-ortho nitro benzene ring substituents is 2. The molecule has 0 aliphatic rings. The van der Waals surface area contributed by atoms with E-state index in [0.29, 0.717) is 0 Å². The molecule has 3 rings (SSSR count). The van der Waals surface area contributed by atoms with E-state index in [4.69, 9.17) is 10.0 Å². The van der Waals surface area contributed by atoms with Crippen LogP contribution in [0.3, 0.4) is 0 Å². The van der Waals surface area contributed by atoms with Gasteiger partial charge in [0.2, 0.25) is 29.1 Å². The fourth-order valence-electron chi connectivity index (χ4n) is 2.56. The molecule has 0 amide bonds. The highest BCUT2D eigenvalue weighted by molar-refractivity contribution is 6.33. The number of rotatable bonds is 6.